The number of benzene rings is 1. The maximum atomic E-state index is 14.4. The lowest BCUT2D eigenvalue weighted by Crippen LogP contribution is -2.50. The van der Waals surface area contributed by atoms with Crippen LogP contribution in [0, 0.1) is 17.6 Å². The summed E-state index contributed by atoms with van der Waals surface area (Å²) in [6, 6.07) is 3.35. The average molecular weight is 402 g/mol. The number of nitrogens with zero attached hydrogens (tertiary/aromatic N) is 3. The normalized spacial score (nSPS) is 25.7. The molecule has 0 aliphatic carbocycles. The Kier molecular flexibility index (Phi) is 7.06. The second kappa shape index (κ2) is 9.11. The second-order valence-corrected chi connectivity index (χ2v) is 7.65. The first kappa shape index (κ1) is 22.5. The molecule has 1 N–H and O–H groups in total. The molecule has 0 bridgehead atoms. The molecule has 2 rings (SSSR count). The van der Waals surface area contributed by atoms with Gasteiger partial charge < -0.3 is 10.2 Å². The summed E-state index contributed by atoms with van der Waals surface area (Å²) < 4.78 is 28.7. The third kappa shape index (κ3) is 5.16. The van der Waals surface area contributed by atoms with Crippen LogP contribution in [-0.2, 0) is 0 Å². The smallest absolute Gasteiger partial charge is 0.317 e. The Bertz CT molecular complexity index is 855. The highest BCUT2D eigenvalue weighted by Crippen LogP contribution is 2.34. The van der Waals surface area contributed by atoms with Crippen LogP contribution in [0.5, 0.6) is 0 Å². The Hall–Kier alpha value is -2.83. The number of hydrogen-bond acceptors (Lipinski definition) is 3. The van der Waals surface area contributed by atoms with Crippen molar-refractivity contribution in [1.82, 2.24) is 10.2 Å². The largest absolute Gasteiger partial charge is 0.331 e. The minimum atomic E-state index is -0.866. The molecular weight excluding hydrogens is 374 g/mol. The minimum absolute atomic E-state index is 0.0355. The summed E-state index contributed by atoms with van der Waals surface area (Å²) in [6.45, 7) is 11.9. The van der Waals surface area contributed by atoms with Gasteiger partial charge in [0.05, 0.1) is 22.5 Å². The molecule has 1 aliphatic rings. The van der Waals surface area contributed by atoms with Gasteiger partial charge in [0.2, 0.25) is 0 Å². The summed E-state index contributed by atoms with van der Waals surface area (Å²) in [5.41, 5.74) is -0.0851. The summed E-state index contributed by atoms with van der Waals surface area (Å²) in [7, 11) is 3.28. The van der Waals surface area contributed by atoms with Crippen LogP contribution in [0.15, 0.2) is 58.9 Å². The van der Waals surface area contributed by atoms with Gasteiger partial charge in [-0.25, -0.2) is 13.6 Å². The van der Waals surface area contributed by atoms with Crippen molar-refractivity contribution in [2.24, 2.45) is 16.1 Å². The van der Waals surface area contributed by atoms with Gasteiger partial charge in [-0.2, -0.15) is 5.11 Å². The molecule has 7 heteroatoms. The zero-order chi connectivity index (χ0) is 21.8. The molecule has 29 heavy (non-hydrogen) atoms. The van der Waals surface area contributed by atoms with Crippen LogP contribution in [0.3, 0.4) is 0 Å². The average Bonchev–Trinajstić information content (AvgIpc) is 2.65. The Balaban J connectivity index is 2.55. The van der Waals surface area contributed by atoms with Crippen LogP contribution in [0.4, 0.5) is 13.6 Å². The van der Waals surface area contributed by atoms with Gasteiger partial charge in [-0.3, -0.25) is 0 Å². The number of azo groups is 1. The van der Waals surface area contributed by atoms with E-state index in [0.29, 0.717) is 24.1 Å². The molecular formula is C22H28F2N4O. The van der Waals surface area contributed by atoms with E-state index in [1.807, 2.05) is 13.8 Å². The monoisotopic (exact) mass is 402 g/mol. The Morgan fingerprint density at radius 2 is 1.90 bits per heavy atom. The molecule has 0 unspecified atom stereocenters. The van der Waals surface area contributed by atoms with Crippen LogP contribution in [0.2, 0.25) is 0 Å². The van der Waals surface area contributed by atoms with E-state index in [9.17, 15) is 13.6 Å². The standard InChI is InChI=1S/C22H28F2N4O/c1-7-16-11-12-22(4,25-21(29)28(5)6)15(3)26-27-19(13-14(16)2)20-17(23)9-8-10-18(20)24/h8-10,13,16H,2-3,7,11-12H2,1,4-6H3,(H,25,29)/b19-13-,27-26-/t16-,22-/m0/s1. The number of halogens is 2. The number of carbonyl (C=O) groups excluding carboxylic acids is 1. The fourth-order valence-corrected chi connectivity index (χ4v) is 3.15. The lowest BCUT2D eigenvalue weighted by atomic mass is 9.84. The first-order valence-corrected chi connectivity index (χ1v) is 9.54. The van der Waals surface area contributed by atoms with Gasteiger partial charge in [0, 0.05) is 14.1 Å². The van der Waals surface area contributed by atoms with Gasteiger partial charge in [0.1, 0.15) is 11.6 Å². The highest BCUT2D eigenvalue weighted by Gasteiger charge is 2.32. The van der Waals surface area contributed by atoms with Gasteiger partial charge in [-0.05, 0) is 55.9 Å². The van der Waals surface area contributed by atoms with Crippen molar-refractivity contribution >= 4 is 11.7 Å². The molecule has 2 atom stereocenters. The maximum Gasteiger partial charge on any atom is 0.317 e. The van der Waals surface area contributed by atoms with Crippen molar-refractivity contribution in [3.8, 4) is 0 Å². The van der Waals surface area contributed by atoms with Crippen molar-refractivity contribution in [2.75, 3.05) is 14.1 Å². The van der Waals surface area contributed by atoms with Crippen LogP contribution in [0.25, 0.3) is 5.70 Å². The first-order chi connectivity index (χ1) is 13.6. The molecule has 0 radical (unpaired) electrons. The molecule has 1 heterocycles. The highest BCUT2D eigenvalue weighted by molar-refractivity contribution is 5.75. The summed E-state index contributed by atoms with van der Waals surface area (Å²) >= 11 is 0. The van der Waals surface area contributed by atoms with Crippen LogP contribution in [-0.4, -0.2) is 30.6 Å². The Morgan fingerprint density at radius 1 is 1.28 bits per heavy atom. The van der Waals surface area contributed by atoms with Crippen LogP contribution >= 0.6 is 0 Å². The van der Waals surface area contributed by atoms with Crippen molar-refractivity contribution in [2.45, 2.75) is 38.6 Å². The number of urea groups is 1. The molecule has 2 amide bonds. The lowest BCUT2D eigenvalue weighted by molar-refractivity contribution is 0.204. The molecule has 5 nitrogen and oxygen atoms in total. The molecule has 0 fully saturated rings. The van der Waals surface area contributed by atoms with Gasteiger partial charge in [0.15, 0.2) is 0 Å². The van der Waals surface area contributed by atoms with E-state index >= 15 is 0 Å². The summed E-state index contributed by atoms with van der Waals surface area (Å²) in [5, 5.41) is 11.2. The number of rotatable bonds is 3. The molecule has 0 saturated carbocycles. The van der Waals surface area contributed by atoms with Gasteiger partial charge in [0.25, 0.3) is 0 Å². The molecule has 1 aromatic rings. The molecule has 0 aromatic heterocycles. The minimum Gasteiger partial charge on any atom is -0.331 e. The van der Waals surface area contributed by atoms with Crippen molar-refractivity contribution in [3.05, 3.63) is 65.9 Å². The van der Waals surface area contributed by atoms with E-state index in [1.54, 1.807) is 20.2 Å². The summed E-state index contributed by atoms with van der Waals surface area (Å²) in [5.74, 6) is -1.42. The Morgan fingerprint density at radius 3 is 2.45 bits per heavy atom. The molecule has 0 saturated heterocycles. The number of hydrogen-bond donors (Lipinski definition) is 1. The van der Waals surface area contributed by atoms with E-state index in [-0.39, 0.29) is 23.2 Å². The molecule has 1 aliphatic heterocycles. The zero-order valence-corrected chi connectivity index (χ0v) is 17.4. The van der Waals surface area contributed by atoms with Crippen molar-refractivity contribution in [1.29, 1.82) is 0 Å². The van der Waals surface area contributed by atoms with E-state index in [4.69, 9.17) is 0 Å². The summed E-state index contributed by atoms with van der Waals surface area (Å²) in [6.07, 6.45) is 3.62. The quantitative estimate of drug-likeness (QED) is 0.695. The number of amides is 2. The second-order valence-electron chi connectivity index (χ2n) is 7.65. The number of nitrogens with one attached hydrogen (secondary N) is 1. The van der Waals surface area contributed by atoms with Crippen molar-refractivity contribution < 1.29 is 13.6 Å². The van der Waals surface area contributed by atoms with E-state index < -0.39 is 17.2 Å². The Labute approximate surface area is 170 Å². The fourth-order valence-electron chi connectivity index (χ4n) is 3.15. The fraction of sp³-hybridized carbons (Fsp3) is 0.409. The highest BCUT2D eigenvalue weighted by atomic mass is 19.1. The van der Waals surface area contributed by atoms with Crippen LogP contribution in [0.1, 0.15) is 38.7 Å². The lowest BCUT2D eigenvalue weighted by Gasteiger charge is -2.33. The predicted octanol–water partition coefficient (Wildman–Crippen LogP) is 5.68. The zero-order valence-electron chi connectivity index (χ0n) is 17.4. The predicted molar refractivity (Wildman–Crippen MR) is 111 cm³/mol. The first-order valence-electron chi connectivity index (χ1n) is 9.54. The van der Waals surface area contributed by atoms with Crippen molar-refractivity contribution in [3.63, 3.8) is 0 Å². The summed E-state index contributed by atoms with van der Waals surface area (Å²) in [4.78, 5) is 13.7. The van der Waals surface area contributed by atoms with E-state index in [2.05, 4.69) is 28.7 Å². The third-order valence-corrected chi connectivity index (χ3v) is 5.26. The molecule has 0 spiro atoms. The van der Waals surface area contributed by atoms with E-state index in [1.165, 1.54) is 23.1 Å². The molecule has 156 valence electrons. The number of allylic oxidation sites excluding steroid dienone is 2. The SMILES string of the molecule is C=C1/C=C(c2c(F)cccc2F)\N=N/C(=C)[C@@](C)(NC(=O)N(C)C)CC[C@@H]1CC. The molecule has 1 aromatic carbocycles. The topological polar surface area (TPSA) is 57.1 Å². The van der Waals surface area contributed by atoms with E-state index in [0.717, 1.165) is 6.42 Å². The van der Waals surface area contributed by atoms with Gasteiger partial charge in [-0.15, -0.1) is 5.11 Å². The maximum absolute atomic E-state index is 14.4. The van der Waals surface area contributed by atoms with Gasteiger partial charge in [-0.1, -0.05) is 26.1 Å². The number of carbonyl (C=O) groups is 1. The third-order valence-electron chi connectivity index (χ3n) is 5.26. The van der Waals surface area contributed by atoms with Crippen LogP contribution < -0.4 is 5.32 Å². The van der Waals surface area contributed by atoms with Gasteiger partial charge >= 0.3 is 6.03 Å².